The molecule has 96 valence electrons. The highest BCUT2D eigenvalue weighted by Crippen LogP contribution is 2.35. The van der Waals surface area contributed by atoms with Crippen molar-refractivity contribution in [3.8, 4) is 0 Å². The maximum absolute atomic E-state index is 12.0. The Bertz CT molecular complexity index is 281. The summed E-state index contributed by atoms with van der Waals surface area (Å²) in [5, 5.41) is 0. The van der Waals surface area contributed by atoms with E-state index in [1.165, 1.54) is 51.4 Å². The van der Waals surface area contributed by atoms with E-state index >= 15 is 0 Å². The molecule has 2 nitrogen and oxygen atoms in total. The van der Waals surface area contributed by atoms with Crippen molar-refractivity contribution in [3.63, 3.8) is 0 Å². The minimum atomic E-state index is -0.0497. The summed E-state index contributed by atoms with van der Waals surface area (Å²) in [7, 11) is 0. The number of hydrogen-bond acceptors (Lipinski definition) is 2. The van der Waals surface area contributed by atoms with Crippen LogP contribution in [0.2, 0.25) is 0 Å². The van der Waals surface area contributed by atoms with Crippen molar-refractivity contribution < 1.29 is 9.53 Å². The third-order valence-corrected chi connectivity index (χ3v) is 4.12. The van der Waals surface area contributed by atoms with E-state index in [2.05, 4.69) is 6.08 Å². The van der Waals surface area contributed by atoms with E-state index in [1.54, 1.807) is 0 Å². The molecule has 2 heteroatoms. The Morgan fingerprint density at radius 3 is 2.29 bits per heavy atom. The molecule has 0 atom stereocenters. The monoisotopic (exact) mass is 236 g/mol. The molecule has 0 aromatic heterocycles. The van der Waals surface area contributed by atoms with E-state index < -0.39 is 0 Å². The molecule has 2 fully saturated rings. The van der Waals surface area contributed by atoms with Crippen molar-refractivity contribution in [1.29, 1.82) is 0 Å². The summed E-state index contributed by atoms with van der Waals surface area (Å²) in [4.78, 5) is 12.0. The van der Waals surface area contributed by atoms with Gasteiger partial charge in [-0.15, -0.1) is 0 Å². The van der Waals surface area contributed by atoms with E-state index in [1.807, 2.05) is 6.92 Å². The molecule has 2 aliphatic carbocycles. The predicted molar refractivity (Wildman–Crippen MR) is 68.6 cm³/mol. The molecule has 0 aromatic carbocycles. The average molecular weight is 236 g/mol. The first-order valence-corrected chi connectivity index (χ1v) is 7.20. The highest BCUT2D eigenvalue weighted by atomic mass is 16.5. The number of ether oxygens (including phenoxy) is 1. The second kappa shape index (κ2) is 6.23. The average Bonchev–Trinajstić information content (AvgIpc) is 2.99. The van der Waals surface area contributed by atoms with Gasteiger partial charge >= 0.3 is 5.97 Å². The van der Waals surface area contributed by atoms with Crippen LogP contribution in [0.15, 0.2) is 11.6 Å². The van der Waals surface area contributed by atoms with Crippen LogP contribution >= 0.6 is 0 Å². The summed E-state index contributed by atoms with van der Waals surface area (Å²) < 4.78 is 5.22. The highest BCUT2D eigenvalue weighted by molar-refractivity contribution is 5.89. The molecule has 2 saturated carbocycles. The fourth-order valence-electron chi connectivity index (χ4n) is 3.20. The number of rotatable bonds is 4. The Labute approximate surface area is 104 Å². The summed E-state index contributed by atoms with van der Waals surface area (Å²) >= 11 is 0. The lowest BCUT2D eigenvalue weighted by Gasteiger charge is -2.15. The number of carbonyl (C=O) groups excluding carboxylic acids is 1. The second-order valence-corrected chi connectivity index (χ2v) is 5.37. The zero-order valence-corrected chi connectivity index (χ0v) is 10.9. The summed E-state index contributed by atoms with van der Waals surface area (Å²) in [6.07, 6.45) is 12.3. The number of esters is 1. The van der Waals surface area contributed by atoms with Gasteiger partial charge in [-0.3, -0.25) is 0 Å². The lowest BCUT2D eigenvalue weighted by atomic mass is 9.93. The lowest BCUT2D eigenvalue weighted by molar-refractivity contribution is -0.139. The zero-order chi connectivity index (χ0) is 12.1. The van der Waals surface area contributed by atoms with E-state index in [0.717, 1.165) is 5.57 Å². The van der Waals surface area contributed by atoms with Gasteiger partial charge in [0.15, 0.2) is 0 Å². The smallest absolute Gasteiger partial charge is 0.333 e. The normalized spacial score (nSPS) is 23.2. The molecule has 0 bridgehead atoms. The van der Waals surface area contributed by atoms with Crippen molar-refractivity contribution >= 4 is 5.97 Å². The summed E-state index contributed by atoms with van der Waals surface area (Å²) in [5.74, 6) is 1.07. The third-order valence-electron chi connectivity index (χ3n) is 4.12. The molecule has 0 heterocycles. The number of allylic oxidation sites excluding steroid dienone is 1. The van der Waals surface area contributed by atoms with Gasteiger partial charge in [-0.05, 0) is 44.4 Å². The van der Waals surface area contributed by atoms with Crippen LogP contribution in [0, 0.1) is 11.8 Å². The number of carbonyl (C=O) groups is 1. The molecule has 2 rings (SSSR count). The van der Waals surface area contributed by atoms with Gasteiger partial charge in [0.05, 0.1) is 6.61 Å². The minimum absolute atomic E-state index is 0.0497. The van der Waals surface area contributed by atoms with Crippen molar-refractivity contribution in [2.45, 2.75) is 58.3 Å². The highest BCUT2D eigenvalue weighted by Gasteiger charge is 2.27. The van der Waals surface area contributed by atoms with Gasteiger partial charge in [-0.25, -0.2) is 4.79 Å². The molecule has 0 amide bonds. The van der Waals surface area contributed by atoms with Gasteiger partial charge in [0.1, 0.15) is 0 Å². The first-order chi connectivity index (χ1) is 8.31. The molecule has 0 aromatic rings. The second-order valence-electron chi connectivity index (χ2n) is 5.37. The van der Waals surface area contributed by atoms with Gasteiger partial charge in [0.2, 0.25) is 0 Å². The molecule has 0 aliphatic heterocycles. The molecule has 2 aliphatic rings. The molecule has 0 spiro atoms. The van der Waals surface area contributed by atoms with Crippen LogP contribution in [-0.4, -0.2) is 12.6 Å². The summed E-state index contributed by atoms with van der Waals surface area (Å²) in [6.45, 7) is 2.38. The molecule has 17 heavy (non-hydrogen) atoms. The van der Waals surface area contributed by atoms with Gasteiger partial charge < -0.3 is 4.74 Å². The van der Waals surface area contributed by atoms with Crippen LogP contribution in [0.4, 0.5) is 0 Å². The maximum Gasteiger partial charge on any atom is 0.333 e. The SMILES string of the molecule is CCOC(=O)C(=CC1CCCC1)C1CCCC1. The van der Waals surface area contributed by atoms with Crippen LogP contribution in [0.5, 0.6) is 0 Å². The van der Waals surface area contributed by atoms with Crippen molar-refractivity contribution in [3.05, 3.63) is 11.6 Å². The van der Waals surface area contributed by atoms with Crippen molar-refractivity contribution in [2.24, 2.45) is 11.8 Å². The van der Waals surface area contributed by atoms with Crippen LogP contribution in [0.3, 0.4) is 0 Å². The van der Waals surface area contributed by atoms with Crippen LogP contribution in [0.25, 0.3) is 0 Å². The largest absolute Gasteiger partial charge is 0.463 e. The fraction of sp³-hybridized carbons (Fsp3) is 0.800. The molecule has 0 unspecified atom stereocenters. The Morgan fingerprint density at radius 1 is 1.12 bits per heavy atom. The Morgan fingerprint density at radius 2 is 1.71 bits per heavy atom. The van der Waals surface area contributed by atoms with E-state index in [4.69, 9.17) is 4.74 Å². The van der Waals surface area contributed by atoms with Crippen LogP contribution in [0.1, 0.15) is 58.3 Å². The fourth-order valence-corrected chi connectivity index (χ4v) is 3.20. The van der Waals surface area contributed by atoms with Gasteiger partial charge in [-0.2, -0.15) is 0 Å². The van der Waals surface area contributed by atoms with E-state index in [-0.39, 0.29) is 5.97 Å². The molecule has 0 saturated heterocycles. The van der Waals surface area contributed by atoms with E-state index in [0.29, 0.717) is 18.4 Å². The number of hydrogen-bond donors (Lipinski definition) is 0. The predicted octanol–water partition coefficient (Wildman–Crippen LogP) is 3.86. The first kappa shape index (κ1) is 12.7. The molecule has 0 N–H and O–H groups in total. The maximum atomic E-state index is 12.0. The van der Waals surface area contributed by atoms with Crippen molar-refractivity contribution in [1.82, 2.24) is 0 Å². The van der Waals surface area contributed by atoms with Crippen LogP contribution in [-0.2, 0) is 9.53 Å². The van der Waals surface area contributed by atoms with Crippen LogP contribution < -0.4 is 0 Å². The Balaban J connectivity index is 2.07. The standard InChI is InChI=1S/C15H24O2/c1-2-17-15(16)14(13-9-5-6-10-13)11-12-7-3-4-8-12/h11-13H,2-10H2,1H3. The van der Waals surface area contributed by atoms with Gasteiger partial charge in [0, 0.05) is 5.57 Å². The quantitative estimate of drug-likeness (QED) is 0.547. The molecular weight excluding hydrogens is 212 g/mol. The summed E-state index contributed by atoms with van der Waals surface area (Å²) in [5.41, 5.74) is 0.997. The Hall–Kier alpha value is -0.790. The minimum Gasteiger partial charge on any atom is -0.463 e. The summed E-state index contributed by atoms with van der Waals surface area (Å²) in [6, 6.07) is 0. The van der Waals surface area contributed by atoms with E-state index in [9.17, 15) is 4.79 Å². The Kier molecular flexibility index (Phi) is 4.64. The topological polar surface area (TPSA) is 26.3 Å². The van der Waals surface area contributed by atoms with Gasteiger partial charge in [-0.1, -0.05) is 31.8 Å². The molecule has 0 radical (unpaired) electrons. The molecular formula is C15H24O2. The van der Waals surface area contributed by atoms with Crippen molar-refractivity contribution in [2.75, 3.05) is 6.61 Å². The first-order valence-electron chi connectivity index (χ1n) is 7.20. The van der Waals surface area contributed by atoms with Gasteiger partial charge in [0.25, 0.3) is 0 Å². The third kappa shape index (κ3) is 3.34. The lowest BCUT2D eigenvalue weighted by Crippen LogP contribution is -2.15. The zero-order valence-electron chi connectivity index (χ0n) is 10.9.